The van der Waals surface area contributed by atoms with E-state index >= 15 is 0 Å². The molecule has 20 heavy (non-hydrogen) atoms. The van der Waals surface area contributed by atoms with E-state index in [-0.39, 0.29) is 5.54 Å². The first-order chi connectivity index (χ1) is 9.34. The highest BCUT2D eigenvalue weighted by Gasteiger charge is 2.22. The third-order valence-corrected chi connectivity index (χ3v) is 3.19. The largest absolute Gasteiger partial charge is 0.494 e. The summed E-state index contributed by atoms with van der Waals surface area (Å²) < 4.78 is 7.52. The third-order valence-electron chi connectivity index (χ3n) is 3.19. The molecule has 2 N–H and O–H groups in total. The lowest BCUT2D eigenvalue weighted by Crippen LogP contribution is -2.24. The summed E-state index contributed by atoms with van der Waals surface area (Å²) in [5.74, 6) is 2.50. The van der Waals surface area contributed by atoms with E-state index in [2.05, 4.69) is 30.3 Å². The molecule has 0 saturated heterocycles. The van der Waals surface area contributed by atoms with E-state index < -0.39 is 0 Å². The standard InChI is InChI=1S/C16H23N3O/c1-6-20-13-9-7-12(8-10-13)14-15(17)19(11(2)18-14)16(3,4)5/h7-10H,6,17H2,1-5H3. The summed E-state index contributed by atoms with van der Waals surface area (Å²) >= 11 is 0. The molecule has 0 fully saturated rings. The Balaban J connectivity index is 2.43. The van der Waals surface area contributed by atoms with Gasteiger partial charge in [0.05, 0.1) is 6.61 Å². The lowest BCUT2D eigenvalue weighted by atomic mass is 10.1. The minimum absolute atomic E-state index is 0.0787. The molecule has 1 aromatic carbocycles. The zero-order chi connectivity index (χ0) is 14.9. The number of ether oxygens (including phenoxy) is 1. The number of nitrogens with zero attached hydrogens (tertiary/aromatic N) is 2. The molecule has 1 heterocycles. The van der Waals surface area contributed by atoms with Crippen LogP contribution in [0.5, 0.6) is 5.75 Å². The number of aromatic nitrogens is 2. The molecule has 4 nitrogen and oxygen atoms in total. The van der Waals surface area contributed by atoms with Gasteiger partial charge in [-0.05, 0) is 58.9 Å². The van der Waals surface area contributed by atoms with E-state index in [1.54, 1.807) is 0 Å². The van der Waals surface area contributed by atoms with Gasteiger partial charge in [-0.1, -0.05) is 0 Å². The van der Waals surface area contributed by atoms with Crippen molar-refractivity contribution in [2.45, 2.75) is 40.2 Å². The number of hydrogen-bond donors (Lipinski definition) is 1. The molecule has 2 rings (SSSR count). The van der Waals surface area contributed by atoms with Crippen molar-refractivity contribution >= 4 is 5.82 Å². The van der Waals surface area contributed by atoms with Gasteiger partial charge in [-0.25, -0.2) is 4.98 Å². The quantitative estimate of drug-likeness (QED) is 0.929. The molecule has 2 aromatic rings. The molecule has 0 aliphatic heterocycles. The zero-order valence-electron chi connectivity index (χ0n) is 12.9. The maximum Gasteiger partial charge on any atom is 0.132 e. The van der Waals surface area contributed by atoms with Gasteiger partial charge in [0.25, 0.3) is 0 Å². The molecule has 0 amide bonds. The van der Waals surface area contributed by atoms with E-state index in [1.165, 1.54) is 0 Å². The van der Waals surface area contributed by atoms with Crippen molar-refractivity contribution in [2.75, 3.05) is 12.3 Å². The first-order valence-corrected chi connectivity index (χ1v) is 6.93. The van der Waals surface area contributed by atoms with Gasteiger partial charge in [-0.15, -0.1) is 0 Å². The van der Waals surface area contributed by atoms with Crippen LogP contribution in [0.2, 0.25) is 0 Å². The van der Waals surface area contributed by atoms with Crippen LogP contribution in [0.3, 0.4) is 0 Å². The molecule has 0 saturated carbocycles. The van der Waals surface area contributed by atoms with Crippen LogP contribution in [0.4, 0.5) is 5.82 Å². The average molecular weight is 273 g/mol. The Morgan fingerprint density at radius 3 is 2.25 bits per heavy atom. The summed E-state index contributed by atoms with van der Waals surface area (Å²) in [6, 6.07) is 7.89. The van der Waals surface area contributed by atoms with Gasteiger partial charge in [-0.3, -0.25) is 0 Å². The Bertz CT molecular complexity index is 591. The van der Waals surface area contributed by atoms with Crippen molar-refractivity contribution in [1.29, 1.82) is 0 Å². The fourth-order valence-corrected chi connectivity index (χ4v) is 2.48. The van der Waals surface area contributed by atoms with Crippen molar-refractivity contribution in [3.8, 4) is 17.0 Å². The maximum atomic E-state index is 6.29. The van der Waals surface area contributed by atoms with Gasteiger partial charge >= 0.3 is 0 Å². The fourth-order valence-electron chi connectivity index (χ4n) is 2.48. The molecule has 1 aromatic heterocycles. The Morgan fingerprint density at radius 2 is 1.80 bits per heavy atom. The maximum absolute atomic E-state index is 6.29. The van der Waals surface area contributed by atoms with Crippen LogP contribution in [-0.2, 0) is 5.54 Å². The highest BCUT2D eigenvalue weighted by atomic mass is 16.5. The molecule has 0 radical (unpaired) electrons. The number of nitrogens with two attached hydrogens (primary N) is 1. The summed E-state index contributed by atoms with van der Waals surface area (Å²) in [4.78, 5) is 4.62. The van der Waals surface area contributed by atoms with E-state index in [1.807, 2.05) is 38.1 Å². The van der Waals surface area contributed by atoms with Crippen LogP contribution in [-0.4, -0.2) is 16.2 Å². The van der Waals surface area contributed by atoms with Gasteiger partial charge in [0.15, 0.2) is 0 Å². The lowest BCUT2D eigenvalue weighted by molar-refractivity contribution is 0.340. The average Bonchev–Trinajstić information content (AvgIpc) is 2.65. The molecule has 0 unspecified atom stereocenters. The number of rotatable bonds is 3. The van der Waals surface area contributed by atoms with Crippen molar-refractivity contribution in [3.63, 3.8) is 0 Å². The van der Waals surface area contributed by atoms with Gasteiger partial charge in [-0.2, -0.15) is 0 Å². The van der Waals surface area contributed by atoms with Crippen LogP contribution < -0.4 is 10.5 Å². The second-order valence-corrected chi connectivity index (χ2v) is 5.86. The summed E-state index contributed by atoms with van der Waals surface area (Å²) in [5, 5.41) is 0. The molecule has 108 valence electrons. The normalized spacial score (nSPS) is 11.7. The van der Waals surface area contributed by atoms with Crippen molar-refractivity contribution in [2.24, 2.45) is 0 Å². The van der Waals surface area contributed by atoms with Gasteiger partial charge in [0.1, 0.15) is 23.1 Å². The van der Waals surface area contributed by atoms with Crippen LogP contribution in [0, 0.1) is 6.92 Å². The third kappa shape index (κ3) is 2.64. The molecule has 0 atom stereocenters. The lowest BCUT2D eigenvalue weighted by Gasteiger charge is -2.24. The fraction of sp³-hybridized carbons (Fsp3) is 0.438. The number of nitrogen functional groups attached to an aromatic ring is 1. The predicted octanol–water partition coefficient (Wildman–Crippen LogP) is 3.59. The zero-order valence-corrected chi connectivity index (χ0v) is 12.9. The number of imidazole rings is 1. The number of benzene rings is 1. The summed E-state index contributed by atoms with van der Waals surface area (Å²) in [5.41, 5.74) is 8.05. The Morgan fingerprint density at radius 1 is 1.20 bits per heavy atom. The first-order valence-electron chi connectivity index (χ1n) is 6.93. The molecule has 0 aliphatic carbocycles. The monoisotopic (exact) mass is 273 g/mol. The van der Waals surface area contributed by atoms with Gasteiger partial charge < -0.3 is 15.0 Å². The molecule has 0 bridgehead atoms. The second kappa shape index (κ2) is 5.19. The highest BCUT2D eigenvalue weighted by Crippen LogP contribution is 2.31. The number of aryl methyl sites for hydroxylation is 1. The van der Waals surface area contributed by atoms with Crippen molar-refractivity contribution in [3.05, 3.63) is 30.1 Å². The van der Waals surface area contributed by atoms with Crippen molar-refractivity contribution < 1.29 is 4.74 Å². The summed E-state index contributed by atoms with van der Waals surface area (Å²) in [7, 11) is 0. The Labute approximate surface area is 120 Å². The highest BCUT2D eigenvalue weighted by molar-refractivity contribution is 5.71. The van der Waals surface area contributed by atoms with E-state index in [0.717, 1.165) is 22.8 Å². The molecule has 0 aliphatic rings. The molecule has 0 spiro atoms. The summed E-state index contributed by atoms with van der Waals surface area (Å²) in [6.07, 6.45) is 0. The smallest absolute Gasteiger partial charge is 0.132 e. The van der Waals surface area contributed by atoms with Crippen LogP contribution in [0.15, 0.2) is 24.3 Å². The van der Waals surface area contributed by atoms with Crippen LogP contribution in [0.25, 0.3) is 11.3 Å². The van der Waals surface area contributed by atoms with E-state index in [4.69, 9.17) is 10.5 Å². The SMILES string of the molecule is CCOc1ccc(-c2nc(C)n(C(C)(C)C)c2N)cc1. The van der Waals surface area contributed by atoms with Gasteiger partial charge in [0, 0.05) is 11.1 Å². The minimum Gasteiger partial charge on any atom is -0.494 e. The van der Waals surface area contributed by atoms with Crippen LogP contribution >= 0.6 is 0 Å². The first kappa shape index (κ1) is 14.4. The van der Waals surface area contributed by atoms with Gasteiger partial charge in [0.2, 0.25) is 0 Å². The second-order valence-electron chi connectivity index (χ2n) is 5.86. The number of hydrogen-bond acceptors (Lipinski definition) is 3. The van der Waals surface area contributed by atoms with Crippen molar-refractivity contribution in [1.82, 2.24) is 9.55 Å². The molecular weight excluding hydrogens is 250 g/mol. The molecular formula is C16H23N3O. The summed E-state index contributed by atoms with van der Waals surface area (Å²) in [6.45, 7) is 11.0. The van der Waals surface area contributed by atoms with E-state index in [0.29, 0.717) is 12.4 Å². The molecule has 4 heteroatoms. The van der Waals surface area contributed by atoms with Crippen LogP contribution in [0.1, 0.15) is 33.5 Å². The predicted molar refractivity (Wildman–Crippen MR) is 83.0 cm³/mol. The Hall–Kier alpha value is -1.97. The topological polar surface area (TPSA) is 53.1 Å². The number of anilines is 1. The van der Waals surface area contributed by atoms with E-state index in [9.17, 15) is 0 Å². The Kier molecular flexibility index (Phi) is 3.75. The minimum atomic E-state index is -0.0787.